The van der Waals surface area contributed by atoms with E-state index in [0.29, 0.717) is 5.69 Å². The standard InChI is InChI=1S/C20H26N2O8/c1-11(23)26-10-14(22-19(25)21-13-8-6-5-7-9-13)15-16-17(30-20(3,4)29-16)18(28-15)27-12(2)24/h5-9,14-18H,10H2,1-4H3,(H2,21,22,25)/t14-,15+,16-,17-,18-/m0/s1. The monoisotopic (exact) mass is 422 g/mol. The molecule has 0 saturated carbocycles. The summed E-state index contributed by atoms with van der Waals surface area (Å²) in [5.74, 6) is -1.99. The fourth-order valence-corrected chi connectivity index (χ4v) is 3.46. The van der Waals surface area contributed by atoms with Gasteiger partial charge in [-0.3, -0.25) is 9.59 Å². The Kier molecular flexibility index (Phi) is 6.59. The number of nitrogens with one attached hydrogen (secondary N) is 2. The molecule has 0 spiro atoms. The van der Waals surface area contributed by atoms with Crippen LogP contribution in [0.4, 0.5) is 10.5 Å². The van der Waals surface area contributed by atoms with Gasteiger partial charge in [-0.15, -0.1) is 0 Å². The van der Waals surface area contributed by atoms with Gasteiger partial charge >= 0.3 is 18.0 Å². The van der Waals surface area contributed by atoms with Gasteiger partial charge in [-0.25, -0.2) is 4.79 Å². The van der Waals surface area contributed by atoms with E-state index in [2.05, 4.69) is 10.6 Å². The van der Waals surface area contributed by atoms with E-state index >= 15 is 0 Å². The van der Waals surface area contributed by atoms with E-state index in [0.717, 1.165) is 0 Å². The normalized spacial score (nSPS) is 27.6. The molecule has 10 nitrogen and oxygen atoms in total. The van der Waals surface area contributed by atoms with Crippen LogP contribution in [0.5, 0.6) is 0 Å². The zero-order valence-corrected chi connectivity index (χ0v) is 17.2. The molecule has 2 fully saturated rings. The molecule has 0 unspecified atom stereocenters. The van der Waals surface area contributed by atoms with Gasteiger partial charge in [0.2, 0.25) is 6.29 Å². The summed E-state index contributed by atoms with van der Waals surface area (Å²) >= 11 is 0. The Morgan fingerprint density at radius 1 is 1.07 bits per heavy atom. The topological polar surface area (TPSA) is 121 Å². The van der Waals surface area contributed by atoms with Gasteiger partial charge in [0.25, 0.3) is 0 Å². The molecule has 2 N–H and O–H groups in total. The number of urea groups is 1. The second-order valence-corrected chi connectivity index (χ2v) is 7.52. The Bertz CT molecular complexity index is 784. The van der Waals surface area contributed by atoms with E-state index in [1.165, 1.54) is 13.8 Å². The minimum absolute atomic E-state index is 0.165. The van der Waals surface area contributed by atoms with Gasteiger partial charge in [0, 0.05) is 19.5 Å². The lowest BCUT2D eigenvalue weighted by Gasteiger charge is -2.29. The molecule has 5 atom stereocenters. The van der Waals surface area contributed by atoms with Gasteiger partial charge in [-0.05, 0) is 26.0 Å². The maximum absolute atomic E-state index is 12.5. The Balaban J connectivity index is 1.76. The summed E-state index contributed by atoms with van der Waals surface area (Å²) in [5, 5.41) is 5.45. The van der Waals surface area contributed by atoms with Gasteiger partial charge in [-0.1, -0.05) is 18.2 Å². The smallest absolute Gasteiger partial charge is 0.319 e. The molecule has 2 aliphatic rings. The number of rotatable bonds is 6. The first-order chi connectivity index (χ1) is 14.1. The number of carbonyl (C=O) groups excluding carboxylic acids is 3. The highest BCUT2D eigenvalue weighted by Crippen LogP contribution is 2.40. The molecule has 2 amide bonds. The van der Waals surface area contributed by atoms with Gasteiger partial charge in [0.1, 0.15) is 18.8 Å². The molecule has 1 aromatic carbocycles. The van der Waals surface area contributed by atoms with Gasteiger partial charge < -0.3 is 34.3 Å². The van der Waals surface area contributed by atoms with E-state index < -0.39 is 54.4 Å². The lowest BCUT2D eigenvalue weighted by molar-refractivity contribution is -0.234. The maximum Gasteiger partial charge on any atom is 0.319 e. The minimum atomic E-state index is -1.02. The molecule has 0 bridgehead atoms. The lowest BCUT2D eigenvalue weighted by Crippen LogP contribution is -2.52. The van der Waals surface area contributed by atoms with Crippen LogP contribution in [-0.2, 0) is 33.3 Å². The highest BCUT2D eigenvalue weighted by Gasteiger charge is 2.58. The highest BCUT2D eigenvalue weighted by atomic mass is 16.8. The average molecular weight is 422 g/mol. The summed E-state index contributed by atoms with van der Waals surface area (Å²) in [5.41, 5.74) is 0.589. The van der Waals surface area contributed by atoms with Crippen LogP contribution in [0.1, 0.15) is 27.7 Å². The van der Waals surface area contributed by atoms with Crippen molar-refractivity contribution < 1.29 is 38.1 Å². The van der Waals surface area contributed by atoms with Crippen molar-refractivity contribution in [2.45, 2.75) is 64.1 Å². The second kappa shape index (κ2) is 8.99. The molecule has 30 heavy (non-hydrogen) atoms. The van der Waals surface area contributed by atoms with E-state index in [1.54, 1.807) is 38.1 Å². The number of esters is 2. The summed E-state index contributed by atoms with van der Waals surface area (Å²) < 4.78 is 28.0. The number of benzene rings is 1. The van der Waals surface area contributed by atoms with Crippen molar-refractivity contribution in [3.63, 3.8) is 0 Å². The predicted octanol–water partition coefficient (Wildman–Crippen LogP) is 1.55. The SMILES string of the molecule is CC(=O)OC[C@H](NC(=O)Nc1ccccc1)[C@H]1O[C@H](OC(C)=O)[C@H]2OC(C)(C)O[C@H]21. The van der Waals surface area contributed by atoms with Crippen molar-refractivity contribution in [1.82, 2.24) is 5.32 Å². The number of amides is 2. The molecule has 0 radical (unpaired) electrons. The quantitative estimate of drug-likeness (QED) is 0.663. The van der Waals surface area contributed by atoms with Crippen molar-refractivity contribution in [1.29, 1.82) is 0 Å². The first kappa shape index (κ1) is 22.0. The zero-order valence-electron chi connectivity index (χ0n) is 17.2. The molecule has 2 aliphatic heterocycles. The molecular weight excluding hydrogens is 396 g/mol. The molecule has 0 aliphatic carbocycles. The lowest BCUT2D eigenvalue weighted by atomic mass is 10.0. The molecular formula is C20H26N2O8. The van der Waals surface area contributed by atoms with E-state index in [4.69, 9.17) is 23.7 Å². The van der Waals surface area contributed by atoms with Crippen molar-refractivity contribution >= 4 is 23.7 Å². The number of anilines is 1. The third-order valence-corrected chi connectivity index (χ3v) is 4.54. The predicted molar refractivity (Wildman–Crippen MR) is 103 cm³/mol. The fraction of sp³-hybridized carbons (Fsp3) is 0.550. The third kappa shape index (κ3) is 5.47. The van der Waals surface area contributed by atoms with Crippen LogP contribution in [0.3, 0.4) is 0 Å². The molecule has 164 valence electrons. The summed E-state index contributed by atoms with van der Waals surface area (Å²) in [6, 6.07) is 7.55. The van der Waals surface area contributed by atoms with Crippen molar-refractivity contribution in [3.05, 3.63) is 30.3 Å². The summed E-state index contributed by atoms with van der Waals surface area (Å²) in [6.45, 7) is 5.81. The van der Waals surface area contributed by atoms with Crippen LogP contribution < -0.4 is 10.6 Å². The maximum atomic E-state index is 12.5. The molecule has 2 saturated heterocycles. The summed E-state index contributed by atoms with van der Waals surface area (Å²) in [4.78, 5) is 35.4. The van der Waals surface area contributed by atoms with E-state index in [1.807, 2.05) is 6.07 Å². The van der Waals surface area contributed by atoms with Crippen LogP contribution in [0.2, 0.25) is 0 Å². The van der Waals surface area contributed by atoms with Gasteiger partial charge in [0.15, 0.2) is 11.9 Å². The Morgan fingerprint density at radius 2 is 1.73 bits per heavy atom. The number of para-hydroxylation sites is 1. The van der Waals surface area contributed by atoms with Crippen LogP contribution in [-0.4, -0.2) is 61.0 Å². The highest BCUT2D eigenvalue weighted by molar-refractivity contribution is 5.89. The molecule has 0 aromatic heterocycles. The zero-order chi connectivity index (χ0) is 21.9. The molecule has 1 aromatic rings. The van der Waals surface area contributed by atoms with Crippen LogP contribution in [0.15, 0.2) is 30.3 Å². The van der Waals surface area contributed by atoms with Crippen LogP contribution in [0.25, 0.3) is 0 Å². The minimum Gasteiger partial charge on any atom is -0.464 e. The van der Waals surface area contributed by atoms with Crippen LogP contribution >= 0.6 is 0 Å². The van der Waals surface area contributed by atoms with Gasteiger partial charge in [0.05, 0.1) is 6.04 Å². The first-order valence-corrected chi connectivity index (χ1v) is 9.59. The summed E-state index contributed by atoms with van der Waals surface area (Å²) in [6.07, 6.45) is -3.14. The second-order valence-electron chi connectivity index (χ2n) is 7.52. The van der Waals surface area contributed by atoms with E-state index in [-0.39, 0.29) is 6.61 Å². The number of carbonyl (C=O) groups is 3. The third-order valence-electron chi connectivity index (χ3n) is 4.54. The number of ether oxygens (including phenoxy) is 5. The average Bonchev–Trinajstić information content (AvgIpc) is 3.13. The van der Waals surface area contributed by atoms with Gasteiger partial charge in [-0.2, -0.15) is 0 Å². The largest absolute Gasteiger partial charge is 0.464 e. The summed E-state index contributed by atoms with van der Waals surface area (Å²) in [7, 11) is 0. The van der Waals surface area contributed by atoms with Crippen molar-refractivity contribution in [3.8, 4) is 0 Å². The molecule has 3 rings (SSSR count). The van der Waals surface area contributed by atoms with Crippen molar-refractivity contribution in [2.24, 2.45) is 0 Å². The molecule has 2 heterocycles. The van der Waals surface area contributed by atoms with E-state index in [9.17, 15) is 14.4 Å². The number of hydrogen-bond donors (Lipinski definition) is 2. The van der Waals surface area contributed by atoms with Crippen LogP contribution in [0, 0.1) is 0 Å². The van der Waals surface area contributed by atoms with Crippen molar-refractivity contribution in [2.75, 3.05) is 11.9 Å². The fourth-order valence-electron chi connectivity index (χ4n) is 3.46. The Labute approximate surface area is 174 Å². The number of hydrogen-bond acceptors (Lipinski definition) is 8. The Hall–Kier alpha value is -2.69. The molecule has 10 heteroatoms. The first-order valence-electron chi connectivity index (χ1n) is 9.59. The Morgan fingerprint density at radius 3 is 2.37 bits per heavy atom. The number of fused-ring (bicyclic) bond motifs is 1.